The lowest BCUT2D eigenvalue weighted by atomic mass is 9.81. The van der Waals surface area contributed by atoms with Gasteiger partial charge in [-0.25, -0.2) is 8.42 Å². The minimum atomic E-state index is -3.61. The van der Waals surface area contributed by atoms with Crippen LogP contribution in [0.4, 0.5) is 5.69 Å². The number of para-hydroxylation sites is 1. The van der Waals surface area contributed by atoms with E-state index in [9.17, 15) is 18.0 Å². The number of likely N-dealkylation sites (tertiary alicyclic amines) is 1. The molecule has 0 bridgehead atoms. The van der Waals surface area contributed by atoms with Gasteiger partial charge in [-0.15, -0.1) is 0 Å². The van der Waals surface area contributed by atoms with Crippen molar-refractivity contribution in [3.05, 3.63) is 24.3 Å². The predicted molar refractivity (Wildman–Crippen MR) is 116 cm³/mol. The maximum Gasteiger partial charge on any atom is 0.239 e. The summed E-state index contributed by atoms with van der Waals surface area (Å²) in [7, 11) is -3.61. The molecule has 0 N–H and O–H groups in total. The molecule has 30 heavy (non-hydrogen) atoms. The maximum absolute atomic E-state index is 13.6. The summed E-state index contributed by atoms with van der Waals surface area (Å²) < 4.78 is 25.6. The molecule has 162 valence electrons. The van der Waals surface area contributed by atoms with Gasteiger partial charge in [0.25, 0.3) is 0 Å². The maximum atomic E-state index is 13.6. The van der Waals surface area contributed by atoms with Crippen molar-refractivity contribution in [2.45, 2.75) is 63.3 Å². The van der Waals surface area contributed by atoms with E-state index < -0.39 is 21.8 Å². The number of ketones is 1. The zero-order valence-electron chi connectivity index (χ0n) is 17.7. The topological polar surface area (TPSA) is 83.9 Å². The normalized spacial score (nSPS) is 26.8. The van der Waals surface area contributed by atoms with Gasteiger partial charge in [-0.05, 0) is 43.2 Å². The third-order valence-electron chi connectivity index (χ3n) is 6.62. The van der Waals surface area contributed by atoms with Crippen molar-refractivity contribution in [3.63, 3.8) is 0 Å². The Labute approximate surface area is 178 Å². The molecule has 0 aromatic heterocycles. The van der Waals surface area contributed by atoms with Crippen LogP contribution in [0.25, 0.3) is 0 Å². The number of sulfone groups is 1. The third kappa shape index (κ3) is 3.84. The summed E-state index contributed by atoms with van der Waals surface area (Å²) in [6.45, 7) is 4.74. The van der Waals surface area contributed by atoms with E-state index in [2.05, 4.69) is 18.8 Å². The van der Waals surface area contributed by atoms with E-state index in [0.29, 0.717) is 18.2 Å². The summed E-state index contributed by atoms with van der Waals surface area (Å²) in [5.74, 6) is -1.25. The molecule has 1 amide bonds. The number of nitrogens with zero attached hydrogens (tertiary/aromatic N) is 2. The van der Waals surface area contributed by atoms with E-state index in [4.69, 9.17) is 0 Å². The number of carbonyl (C=O) groups excluding carboxylic acids is 2. The fraction of sp³-hybridized carbons (Fsp3) is 0.609. The Morgan fingerprint density at radius 1 is 1.10 bits per heavy atom. The van der Waals surface area contributed by atoms with Crippen LogP contribution >= 0.6 is 0 Å². The first kappa shape index (κ1) is 21.2. The Morgan fingerprint density at radius 2 is 1.80 bits per heavy atom. The predicted octanol–water partition coefficient (Wildman–Crippen LogP) is 3.57. The minimum absolute atomic E-state index is 0.149. The number of hydrogen-bond donors (Lipinski definition) is 0. The van der Waals surface area contributed by atoms with E-state index in [1.807, 2.05) is 0 Å². The Bertz CT molecular complexity index is 977. The van der Waals surface area contributed by atoms with Crippen molar-refractivity contribution in [2.24, 2.45) is 22.7 Å². The first-order chi connectivity index (χ1) is 14.3. The molecular formula is C23H30N2O4S. The van der Waals surface area contributed by atoms with E-state index in [-0.39, 0.29) is 34.0 Å². The number of carbonyl (C=O) groups is 2. The SMILES string of the molecule is CC(C)CCN1C(=O)C(C2=Nc3ccccc3S(=O)(=O)C2)C(=O)[C@@H]1C1CCCCC1. The lowest BCUT2D eigenvalue weighted by Crippen LogP contribution is -2.42. The van der Waals surface area contributed by atoms with Crippen LogP contribution in [0.3, 0.4) is 0 Å². The summed E-state index contributed by atoms with van der Waals surface area (Å²) in [5.41, 5.74) is 0.519. The second-order valence-corrected chi connectivity index (χ2v) is 11.2. The molecule has 0 spiro atoms. The van der Waals surface area contributed by atoms with Gasteiger partial charge < -0.3 is 4.90 Å². The van der Waals surface area contributed by atoms with Gasteiger partial charge in [0.05, 0.1) is 28.1 Å². The molecule has 0 radical (unpaired) electrons. The van der Waals surface area contributed by atoms with Crippen molar-refractivity contribution < 1.29 is 18.0 Å². The molecule has 1 aromatic rings. The van der Waals surface area contributed by atoms with E-state index in [0.717, 1.165) is 32.1 Å². The summed E-state index contributed by atoms with van der Waals surface area (Å²) >= 11 is 0. The summed E-state index contributed by atoms with van der Waals surface area (Å²) in [5, 5.41) is 0. The summed E-state index contributed by atoms with van der Waals surface area (Å²) in [6.07, 6.45) is 6.04. The molecule has 2 heterocycles. The Kier molecular flexibility index (Phi) is 5.84. The van der Waals surface area contributed by atoms with Crippen molar-refractivity contribution in [1.29, 1.82) is 0 Å². The van der Waals surface area contributed by atoms with Gasteiger partial charge in [0.15, 0.2) is 15.6 Å². The molecule has 6 nitrogen and oxygen atoms in total. The highest BCUT2D eigenvalue weighted by molar-refractivity contribution is 7.92. The number of fused-ring (bicyclic) bond motifs is 1. The number of hydrogen-bond acceptors (Lipinski definition) is 5. The number of Topliss-reactive ketones (excluding diaryl/α,β-unsaturated/α-hetero) is 1. The molecule has 4 rings (SSSR count). The van der Waals surface area contributed by atoms with Gasteiger partial charge in [0.2, 0.25) is 5.91 Å². The molecule has 2 fully saturated rings. The second kappa shape index (κ2) is 8.25. The molecule has 2 atom stereocenters. The molecule has 1 aliphatic carbocycles. The Morgan fingerprint density at radius 3 is 2.50 bits per heavy atom. The van der Waals surface area contributed by atoms with E-state index >= 15 is 0 Å². The zero-order valence-corrected chi connectivity index (χ0v) is 18.5. The molecule has 1 saturated carbocycles. The number of benzene rings is 1. The lowest BCUT2D eigenvalue weighted by Gasteiger charge is -2.33. The Balaban J connectivity index is 1.70. The third-order valence-corrected chi connectivity index (χ3v) is 8.31. The average Bonchev–Trinajstić information content (AvgIpc) is 2.96. The van der Waals surface area contributed by atoms with Gasteiger partial charge >= 0.3 is 0 Å². The zero-order chi connectivity index (χ0) is 21.5. The highest BCUT2D eigenvalue weighted by atomic mass is 32.2. The van der Waals surface area contributed by atoms with Crippen LogP contribution in [-0.2, 0) is 19.4 Å². The number of rotatable bonds is 5. The molecule has 3 aliphatic rings. The van der Waals surface area contributed by atoms with Gasteiger partial charge in [0.1, 0.15) is 5.92 Å². The van der Waals surface area contributed by atoms with Crippen molar-refractivity contribution in [2.75, 3.05) is 12.3 Å². The van der Waals surface area contributed by atoms with Crippen LogP contribution in [0.2, 0.25) is 0 Å². The Hall–Kier alpha value is -2.02. The van der Waals surface area contributed by atoms with Gasteiger partial charge in [-0.2, -0.15) is 0 Å². The van der Waals surface area contributed by atoms with Gasteiger partial charge in [0, 0.05) is 6.54 Å². The van der Waals surface area contributed by atoms with E-state index in [1.165, 1.54) is 12.5 Å². The van der Waals surface area contributed by atoms with Crippen LogP contribution in [0.1, 0.15) is 52.4 Å². The minimum Gasteiger partial charge on any atom is -0.331 e. The fourth-order valence-corrected chi connectivity index (χ4v) is 6.55. The van der Waals surface area contributed by atoms with Gasteiger partial charge in [-0.3, -0.25) is 14.6 Å². The largest absolute Gasteiger partial charge is 0.331 e. The highest BCUT2D eigenvalue weighted by Crippen LogP contribution is 2.38. The van der Waals surface area contributed by atoms with Crippen molar-refractivity contribution >= 4 is 32.9 Å². The first-order valence-corrected chi connectivity index (χ1v) is 12.7. The van der Waals surface area contributed by atoms with Crippen molar-refractivity contribution in [3.8, 4) is 0 Å². The number of aliphatic imine (C=N–C) groups is 1. The molecule has 1 unspecified atom stereocenters. The van der Waals surface area contributed by atoms with Crippen LogP contribution in [0.15, 0.2) is 34.2 Å². The summed E-state index contributed by atoms with van der Waals surface area (Å²) in [6, 6.07) is 6.10. The quantitative estimate of drug-likeness (QED) is 0.669. The molecule has 2 aliphatic heterocycles. The summed E-state index contributed by atoms with van der Waals surface area (Å²) in [4.78, 5) is 33.4. The van der Waals surface area contributed by atoms with Crippen LogP contribution < -0.4 is 0 Å². The number of amides is 1. The average molecular weight is 431 g/mol. The smallest absolute Gasteiger partial charge is 0.239 e. The monoisotopic (exact) mass is 430 g/mol. The lowest BCUT2D eigenvalue weighted by molar-refractivity contribution is -0.131. The van der Waals surface area contributed by atoms with E-state index in [1.54, 1.807) is 23.1 Å². The standard InChI is InChI=1S/C23H30N2O4S/c1-15(2)12-13-25-21(16-8-4-3-5-9-16)22(26)20(23(25)27)18-14-30(28,29)19-11-7-6-10-17(19)24-18/h6-7,10-11,15-16,20-21H,3-5,8-9,12-14H2,1-2H3/t20?,21-/m0/s1. The molecule has 1 saturated heterocycles. The van der Waals surface area contributed by atoms with Crippen molar-refractivity contribution in [1.82, 2.24) is 4.90 Å². The van der Waals surface area contributed by atoms with Crippen LogP contribution in [0, 0.1) is 17.8 Å². The van der Waals surface area contributed by atoms with Gasteiger partial charge in [-0.1, -0.05) is 45.2 Å². The van der Waals surface area contributed by atoms with Crippen LogP contribution in [-0.4, -0.2) is 49.1 Å². The van der Waals surface area contributed by atoms with Crippen LogP contribution in [0.5, 0.6) is 0 Å². The molecule has 7 heteroatoms. The fourth-order valence-electron chi connectivity index (χ4n) is 5.06. The molecule has 1 aromatic carbocycles. The molecular weight excluding hydrogens is 400 g/mol. The second-order valence-electron chi connectivity index (χ2n) is 9.22. The highest BCUT2D eigenvalue weighted by Gasteiger charge is 2.53. The first-order valence-electron chi connectivity index (χ1n) is 11.0.